The summed E-state index contributed by atoms with van der Waals surface area (Å²) in [5.41, 5.74) is 0. The highest BCUT2D eigenvalue weighted by Gasteiger charge is 2.12. The molecule has 1 aromatic rings. The number of rotatable bonds is 8. The highest BCUT2D eigenvalue weighted by molar-refractivity contribution is 5.91. The smallest absolute Gasteiger partial charge is 0.305 e. The van der Waals surface area contributed by atoms with Gasteiger partial charge in [0.15, 0.2) is 5.76 Å². The Kier molecular flexibility index (Phi) is 7.00. The van der Waals surface area contributed by atoms with Crippen molar-refractivity contribution in [2.75, 3.05) is 27.2 Å². The van der Waals surface area contributed by atoms with Gasteiger partial charge in [0.25, 0.3) is 5.91 Å². The quantitative estimate of drug-likeness (QED) is 0.717. The van der Waals surface area contributed by atoms with E-state index in [1.807, 2.05) is 0 Å². The van der Waals surface area contributed by atoms with E-state index in [-0.39, 0.29) is 42.9 Å². The zero-order valence-electron chi connectivity index (χ0n) is 12.3. The Bertz CT molecular complexity index is 470. The maximum atomic E-state index is 11.8. The van der Waals surface area contributed by atoms with Crippen LogP contribution in [0, 0.1) is 0 Å². The molecule has 0 unspecified atom stereocenters. The molecule has 0 aliphatic carbocycles. The molecule has 116 valence electrons. The summed E-state index contributed by atoms with van der Waals surface area (Å²) in [6.45, 7) is 0.708. The molecular weight excluding hydrogens is 276 g/mol. The fourth-order valence-electron chi connectivity index (χ4n) is 1.66. The van der Waals surface area contributed by atoms with Crippen LogP contribution in [0.2, 0.25) is 0 Å². The van der Waals surface area contributed by atoms with Crippen LogP contribution in [0.4, 0.5) is 0 Å². The predicted molar refractivity (Wildman–Crippen MR) is 74.5 cm³/mol. The topological polar surface area (TPSA) is 88.9 Å². The molecule has 1 heterocycles. The van der Waals surface area contributed by atoms with E-state index in [0.29, 0.717) is 13.0 Å². The number of nitrogens with zero attached hydrogens (tertiary/aromatic N) is 1. The largest absolute Gasteiger partial charge is 0.469 e. The number of nitrogens with one attached hydrogen (secondary N) is 1. The molecule has 0 fully saturated rings. The first-order chi connectivity index (χ1) is 10.0. The molecule has 1 aromatic heterocycles. The van der Waals surface area contributed by atoms with Crippen LogP contribution in [-0.2, 0) is 14.3 Å². The number of furan rings is 1. The van der Waals surface area contributed by atoms with Crippen molar-refractivity contribution in [1.82, 2.24) is 10.2 Å². The van der Waals surface area contributed by atoms with Gasteiger partial charge in [0.05, 0.1) is 13.4 Å². The number of carbonyl (C=O) groups excluding carboxylic acids is 3. The summed E-state index contributed by atoms with van der Waals surface area (Å²) in [5, 5.41) is 2.60. The van der Waals surface area contributed by atoms with Gasteiger partial charge in [-0.3, -0.25) is 14.4 Å². The van der Waals surface area contributed by atoms with E-state index in [4.69, 9.17) is 4.42 Å². The monoisotopic (exact) mass is 296 g/mol. The van der Waals surface area contributed by atoms with Gasteiger partial charge in [0.1, 0.15) is 0 Å². The predicted octanol–water partition coefficient (Wildman–Crippen LogP) is 0.811. The second-order valence-corrected chi connectivity index (χ2v) is 4.48. The average molecular weight is 296 g/mol. The summed E-state index contributed by atoms with van der Waals surface area (Å²) in [6, 6.07) is 3.17. The standard InChI is InChI=1S/C14H20N2O5/c1-16(9-3-6-13(18)20-2)12(17)7-8-15-14(19)11-5-4-10-21-11/h4-5,10H,3,6-9H2,1-2H3,(H,15,19). The molecule has 0 bridgehead atoms. The molecule has 0 saturated heterocycles. The lowest BCUT2D eigenvalue weighted by Gasteiger charge is -2.16. The third kappa shape index (κ3) is 6.11. The molecule has 7 nitrogen and oxygen atoms in total. The summed E-state index contributed by atoms with van der Waals surface area (Å²) < 4.78 is 9.46. The van der Waals surface area contributed by atoms with E-state index in [0.717, 1.165) is 0 Å². The van der Waals surface area contributed by atoms with Crippen LogP contribution in [0.1, 0.15) is 29.8 Å². The Labute approximate surface area is 123 Å². The van der Waals surface area contributed by atoms with E-state index in [1.165, 1.54) is 18.3 Å². The van der Waals surface area contributed by atoms with Crippen LogP contribution < -0.4 is 5.32 Å². The highest BCUT2D eigenvalue weighted by Crippen LogP contribution is 2.00. The van der Waals surface area contributed by atoms with Crippen molar-refractivity contribution in [3.05, 3.63) is 24.2 Å². The third-order valence-corrected chi connectivity index (χ3v) is 2.90. The van der Waals surface area contributed by atoms with Gasteiger partial charge in [-0.1, -0.05) is 0 Å². The highest BCUT2D eigenvalue weighted by atomic mass is 16.5. The van der Waals surface area contributed by atoms with Crippen LogP contribution in [0.5, 0.6) is 0 Å². The van der Waals surface area contributed by atoms with E-state index in [1.54, 1.807) is 19.2 Å². The molecule has 0 aliphatic heterocycles. The van der Waals surface area contributed by atoms with Crippen molar-refractivity contribution >= 4 is 17.8 Å². The number of amides is 2. The van der Waals surface area contributed by atoms with E-state index in [2.05, 4.69) is 10.1 Å². The lowest BCUT2D eigenvalue weighted by Crippen LogP contribution is -2.32. The second-order valence-electron chi connectivity index (χ2n) is 4.48. The van der Waals surface area contributed by atoms with Crippen molar-refractivity contribution in [3.63, 3.8) is 0 Å². The molecule has 7 heteroatoms. The molecule has 0 spiro atoms. The summed E-state index contributed by atoms with van der Waals surface area (Å²) in [4.78, 5) is 35.8. The first kappa shape index (κ1) is 16.7. The van der Waals surface area contributed by atoms with Gasteiger partial charge in [0, 0.05) is 33.0 Å². The van der Waals surface area contributed by atoms with Crippen molar-refractivity contribution in [2.24, 2.45) is 0 Å². The minimum absolute atomic E-state index is 0.0976. The maximum absolute atomic E-state index is 11.8. The number of carbonyl (C=O) groups is 3. The SMILES string of the molecule is COC(=O)CCCN(C)C(=O)CCNC(=O)c1ccco1. The Morgan fingerprint density at radius 2 is 2.10 bits per heavy atom. The van der Waals surface area contributed by atoms with E-state index >= 15 is 0 Å². The Balaban J connectivity index is 2.17. The molecule has 0 radical (unpaired) electrons. The summed E-state index contributed by atoms with van der Waals surface area (Å²) in [7, 11) is 2.99. The zero-order valence-corrected chi connectivity index (χ0v) is 12.3. The van der Waals surface area contributed by atoms with Crippen LogP contribution in [-0.4, -0.2) is 49.9 Å². The first-order valence-corrected chi connectivity index (χ1v) is 6.67. The zero-order chi connectivity index (χ0) is 15.7. The van der Waals surface area contributed by atoms with E-state index < -0.39 is 0 Å². The molecule has 21 heavy (non-hydrogen) atoms. The van der Waals surface area contributed by atoms with Crippen molar-refractivity contribution in [1.29, 1.82) is 0 Å². The van der Waals surface area contributed by atoms with Crippen molar-refractivity contribution in [3.8, 4) is 0 Å². The van der Waals surface area contributed by atoms with Gasteiger partial charge >= 0.3 is 5.97 Å². The molecule has 1 rings (SSSR count). The number of hydrogen-bond acceptors (Lipinski definition) is 5. The Morgan fingerprint density at radius 3 is 2.71 bits per heavy atom. The summed E-state index contributed by atoms with van der Waals surface area (Å²) in [5.74, 6) is -0.517. The molecule has 2 amide bonds. The minimum Gasteiger partial charge on any atom is -0.469 e. The van der Waals surface area contributed by atoms with E-state index in [9.17, 15) is 14.4 Å². The molecule has 0 saturated carbocycles. The number of ether oxygens (including phenoxy) is 1. The maximum Gasteiger partial charge on any atom is 0.305 e. The second kappa shape index (κ2) is 8.78. The fraction of sp³-hybridized carbons (Fsp3) is 0.500. The first-order valence-electron chi connectivity index (χ1n) is 6.67. The van der Waals surface area contributed by atoms with Gasteiger partial charge in [-0.15, -0.1) is 0 Å². The Morgan fingerprint density at radius 1 is 1.33 bits per heavy atom. The summed E-state index contributed by atoms with van der Waals surface area (Å²) >= 11 is 0. The normalized spacial score (nSPS) is 10.0. The van der Waals surface area contributed by atoms with Gasteiger partial charge in [-0.25, -0.2) is 0 Å². The lowest BCUT2D eigenvalue weighted by atomic mass is 10.3. The number of esters is 1. The molecular formula is C14H20N2O5. The van der Waals surface area contributed by atoms with Crippen molar-refractivity contribution in [2.45, 2.75) is 19.3 Å². The lowest BCUT2D eigenvalue weighted by molar-refractivity contribution is -0.141. The fourth-order valence-corrected chi connectivity index (χ4v) is 1.66. The molecule has 0 aromatic carbocycles. The van der Waals surface area contributed by atoms with Crippen molar-refractivity contribution < 1.29 is 23.5 Å². The van der Waals surface area contributed by atoms with Gasteiger partial charge in [-0.05, 0) is 18.6 Å². The van der Waals surface area contributed by atoms with Crippen LogP contribution in [0.25, 0.3) is 0 Å². The van der Waals surface area contributed by atoms with Crippen LogP contribution >= 0.6 is 0 Å². The third-order valence-electron chi connectivity index (χ3n) is 2.90. The Hall–Kier alpha value is -2.31. The molecule has 0 atom stereocenters. The van der Waals surface area contributed by atoms with Gasteiger partial charge in [0.2, 0.25) is 5.91 Å². The number of hydrogen-bond donors (Lipinski definition) is 1. The summed E-state index contributed by atoms with van der Waals surface area (Å²) in [6.07, 6.45) is 2.44. The molecule has 0 aliphatic rings. The van der Waals surface area contributed by atoms with Gasteiger partial charge in [-0.2, -0.15) is 0 Å². The van der Waals surface area contributed by atoms with Crippen LogP contribution in [0.3, 0.4) is 0 Å². The van der Waals surface area contributed by atoms with Gasteiger partial charge < -0.3 is 19.4 Å². The van der Waals surface area contributed by atoms with Crippen LogP contribution in [0.15, 0.2) is 22.8 Å². The minimum atomic E-state index is -0.346. The molecule has 1 N–H and O–H groups in total. The number of methoxy groups -OCH3 is 1. The average Bonchev–Trinajstić information content (AvgIpc) is 3.00.